The topological polar surface area (TPSA) is 37.3 Å². The number of carboxylic acid groups (broad SMARTS) is 1. The van der Waals surface area contributed by atoms with Crippen molar-refractivity contribution in [2.24, 2.45) is 23.7 Å². The molecule has 0 amide bonds. The molecule has 0 spiro atoms. The van der Waals surface area contributed by atoms with Crippen molar-refractivity contribution in [3.05, 3.63) is 11.6 Å². The monoisotopic (exact) mass is 192 g/mol. The van der Waals surface area contributed by atoms with Crippen LogP contribution in [0, 0.1) is 23.7 Å². The Morgan fingerprint density at radius 2 is 2.29 bits per heavy atom. The maximum absolute atomic E-state index is 10.7. The number of rotatable bonds is 2. The van der Waals surface area contributed by atoms with Gasteiger partial charge in [-0.05, 0) is 42.9 Å². The summed E-state index contributed by atoms with van der Waals surface area (Å²) in [4.78, 5) is 10.7. The van der Waals surface area contributed by atoms with Crippen LogP contribution in [0.1, 0.15) is 32.1 Å². The summed E-state index contributed by atoms with van der Waals surface area (Å²) in [5, 5.41) is 8.81. The van der Waals surface area contributed by atoms with Gasteiger partial charge in [0.15, 0.2) is 0 Å². The molecule has 3 aliphatic carbocycles. The third kappa shape index (κ3) is 1.06. The Morgan fingerprint density at radius 1 is 1.43 bits per heavy atom. The zero-order chi connectivity index (χ0) is 9.71. The van der Waals surface area contributed by atoms with Gasteiger partial charge in [0, 0.05) is 0 Å². The highest BCUT2D eigenvalue weighted by atomic mass is 16.4. The lowest BCUT2D eigenvalue weighted by Gasteiger charge is -2.26. The van der Waals surface area contributed by atoms with Crippen LogP contribution < -0.4 is 0 Å². The molecule has 4 unspecified atom stereocenters. The Bertz CT molecular complexity index is 305. The lowest BCUT2D eigenvalue weighted by atomic mass is 9.78. The molecule has 0 radical (unpaired) electrons. The van der Waals surface area contributed by atoms with Crippen LogP contribution >= 0.6 is 0 Å². The second-order valence-electron chi connectivity index (χ2n) is 5.07. The zero-order valence-electron chi connectivity index (χ0n) is 8.28. The molecule has 0 saturated heterocycles. The first-order valence-electron chi connectivity index (χ1n) is 5.68. The minimum atomic E-state index is -0.631. The number of hydrogen-bond acceptors (Lipinski definition) is 1. The second-order valence-corrected chi connectivity index (χ2v) is 5.07. The van der Waals surface area contributed by atoms with E-state index in [1.54, 1.807) is 5.57 Å². The Hall–Kier alpha value is -0.790. The third-order valence-corrected chi connectivity index (χ3v) is 4.46. The Labute approximate surface area is 84.0 Å². The maximum Gasteiger partial charge on any atom is 0.303 e. The van der Waals surface area contributed by atoms with Crippen molar-refractivity contribution in [2.45, 2.75) is 32.1 Å². The van der Waals surface area contributed by atoms with Crippen molar-refractivity contribution in [3.8, 4) is 0 Å². The molecule has 2 heteroatoms. The van der Waals surface area contributed by atoms with E-state index < -0.39 is 5.97 Å². The maximum atomic E-state index is 10.7. The summed E-state index contributed by atoms with van der Waals surface area (Å²) in [5.41, 5.74) is 1.60. The molecular formula is C12H16O2. The molecule has 3 aliphatic rings. The fraction of sp³-hybridized carbons (Fsp3) is 0.750. The summed E-state index contributed by atoms with van der Waals surface area (Å²) in [6.45, 7) is 0. The largest absolute Gasteiger partial charge is 0.481 e. The van der Waals surface area contributed by atoms with E-state index in [0.29, 0.717) is 18.3 Å². The normalized spacial score (nSPS) is 43.9. The molecule has 2 nitrogen and oxygen atoms in total. The van der Waals surface area contributed by atoms with E-state index in [1.165, 1.54) is 25.7 Å². The number of fused-ring (bicyclic) bond motifs is 5. The van der Waals surface area contributed by atoms with Gasteiger partial charge in [0.2, 0.25) is 0 Å². The molecule has 4 atom stereocenters. The van der Waals surface area contributed by atoms with Crippen LogP contribution in [-0.4, -0.2) is 11.1 Å². The molecule has 0 aromatic carbocycles. The summed E-state index contributed by atoms with van der Waals surface area (Å²) in [5.74, 6) is 2.12. The highest BCUT2D eigenvalue weighted by molar-refractivity contribution is 5.67. The van der Waals surface area contributed by atoms with Crippen molar-refractivity contribution in [3.63, 3.8) is 0 Å². The molecule has 2 fully saturated rings. The molecular weight excluding hydrogens is 176 g/mol. The summed E-state index contributed by atoms with van der Waals surface area (Å²) < 4.78 is 0. The number of aliphatic carboxylic acids is 1. The van der Waals surface area contributed by atoms with Gasteiger partial charge in [-0.2, -0.15) is 0 Å². The van der Waals surface area contributed by atoms with Gasteiger partial charge in [-0.1, -0.05) is 18.1 Å². The number of hydrogen-bond donors (Lipinski definition) is 1. The molecule has 2 saturated carbocycles. The highest BCUT2D eigenvalue weighted by Gasteiger charge is 2.49. The fourth-order valence-electron chi connectivity index (χ4n) is 4.01. The minimum Gasteiger partial charge on any atom is -0.481 e. The van der Waals surface area contributed by atoms with Crippen molar-refractivity contribution in [2.75, 3.05) is 0 Å². The smallest absolute Gasteiger partial charge is 0.303 e. The van der Waals surface area contributed by atoms with E-state index >= 15 is 0 Å². The Morgan fingerprint density at radius 3 is 3.07 bits per heavy atom. The highest BCUT2D eigenvalue weighted by Crippen LogP contribution is 2.58. The van der Waals surface area contributed by atoms with Gasteiger partial charge in [0.25, 0.3) is 0 Å². The first-order valence-corrected chi connectivity index (χ1v) is 5.68. The van der Waals surface area contributed by atoms with Gasteiger partial charge >= 0.3 is 5.97 Å². The van der Waals surface area contributed by atoms with Crippen molar-refractivity contribution in [1.29, 1.82) is 0 Å². The average Bonchev–Trinajstić information content (AvgIpc) is 2.68. The van der Waals surface area contributed by atoms with E-state index in [1.807, 2.05) is 0 Å². The van der Waals surface area contributed by atoms with E-state index in [4.69, 9.17) is 5.11 Å². The lowest BCUT2D eigenvalue weighted by Crippen LogP contribution is -2.22. The molecule has 76 valence electrons. The van der Waals surface area contributed by atoms with Gasteiger partial charge < -0.3 is 5.11 Å². The van der Waals surface area contributed by atoms with Crippen LogP contribution in [0.15, 0.2) is 11.6 Å². The quantitative estimate of drug-likeness (QED) is 0.682. The van der Waals surface area contributed by atoms with E-state index in [0.717, 1.165) is 11.8 Å². The summed E-state index contributed by atoms with van der Waals surface area (Å²) in [6, 6.07) is 0. The number of carboxylic acids is 1. The third-order valence-electron chi connectivity index (χ3n) is 4.46. The van der Waals surface area contributed by atoms with E-state index in [-0.39, 0.29) is 0 Å². The molecule has 0 aromatic heterocycles. The van der Waals surface area contributed by atoms with Crippen molar-refractivity contribution in [1.82, 2.24) is 0 Å². The molecule has 1 N–H and O–H groups in total. The summed E-state index contributed by atoms with van der Waals surface area (Å²) in [7, 11) is 0. The molecule has 2 bridgehead atoms. The van der Waals surface area contributed by atoms with E-state index in [9.17, 15) is 4.79 Å². The van der Waals surface area contributed by atoms with Crippen LogP contribution in [-0.2, 0) is 4.79 Å². The van der Waals surface area contributed by atoms with Gasteiger partial charge in [0.1, 0.15) is 0 Å². The Kier molecular flexibility index (Phi) is 1.73. The first-order chi connectivity index (χ1) is 6.75. The van der Waals surface area contributed by atoms with Crippen LogP contribution in [0.4, 0.5) is 0 Å². The Balaban J connectivity index is 1.81. The van der Waals surface area contributed by atoms with Crippen molar-refractivity contribution >= 4 is 5.97 Å². The van der Waals surface area contributed by atoms with Crippen molar-refractivity contribution < 1.29 is 9.90 Å². The molecule has 0 aliphatic heterocycles. The molecule has 0 aromatic rings. The van der Waals surface area contributed by atoms with Crippen LogP contribution in [0.5, 0.6) is 0 Å². The number of allylic oxidation sites excluding steroid dienone is 2. The van der Waals surface area contributed by atoms with Crippen LogP contribution in [0.2, 0.25) is 0 Å². The standard InChI is InChI=1S/C12H16O2/c13-12(14)6-8-4-7-5-11(8)10-3-1-2-9(7)10/h4,8-11H,1-3,5-6H2,(H,13,14). The molecule has 3 rings (SSSR count). The van der Waals surface area contributed by atoms with Gasteiger partial charge in [-0.15, -0.1) is 0 Å². The van der Waals surface area contributed by atoms with Crippen LogP contribution in [0.25, 0.3) is 0 Å². The van der Waals surface area contributed by atoms with Crippen LogP contribution in [0.3, 0.4) is 0 Å². The molecule has 14 heavy (non-hydrogen) atoms. The predicted molar refractivity (Wildman–Crippen MR) is 52.8 cm³/mol. The molecule has 0 heterocycles. The zero-order valence-corrected chi connectivity index (χ0v) is 8.28. The lowest BCUT2D eigenvalue weighted by molar-refractivity contribution is -0.138. The summed E-state index contributed by atoms with van der Waals surface area (Å²) >= 11 is 0. The first kappa shape index (κ1) is 8.51. The van der Waals surface area contributed by atoms with Gasteiger partial charge in [0.05, 0.1) is 6.42 Å². The van der Waals surface area contributed by atoms with E-state index in [2.05, 4.69) is 6.08 Å². The predicted octanol–water partition coefficient (Wildman–Crippen LogP) is 2.45. The van der Waals surface area contributed by atoms with Gasteiger partial charge in [-0.3, -0.25) is 4.79 Å². The SMILES string of the molecule is O=C(O)CC1C=C2CC1C1CCCC21. The number of carbonyl (C=O) groups is 1. The fourth-order valence-corrected chi connectivity index (χ4v) is 4.01. The van der Waals surface area contributed by atoms with Gasteiger partial charge in [-0.25, -0.2) is 0 Å². The minimum absolute atomic E-state index is 0.359. The summed E-state index contributed by atoms with van der Waals surface area (Å²) in [6.07, 6.45) is 7.94. The second kappa shape index (κ2) is 2.85. The average molecular weight is 192 g/mol.